The van der Waals surface area contributed by atoms with Crippen molar-refractivity contribution in [2.75, 3.05) is 6.54 Å². The third kappa shape index (κ3) is 4.53. The summed E-state index contributed by atoms with van der Waals surface area (Å²) in [6.45, 7) is 7.59. The minimum atomic E-state index is -0.899. The van der Waals surface area contributed by atoms with Gasteiger partial charge in [-0.05, 0) is 31.9 Å². The van der Waals surface area contributed by atoms with E-state index in [2.05, 4.69) is 10.3 Å². The van der Waals surface area contributed by atoms with Crippen LogP contribution in [0.15, 0.2) is 18.3 Å². The molecule has 0 spiro atoms. The Hall–Kier alpha value is -1.42. The number of rotatable bonds is 4. The molecule has 2 N–H and O–H groups in total. The highest BCUT2D eigenvalue weighted by Crippen LogP contribution is 2.12. The zero-order valence-electron chi connectivity index (χ0n) is 10.8. The quantitative estimate of drug-likeness (QED) is 0.836. The number of hydrogen-bond donors (Lipinski definition) is 2. The van der Waals surface area contributed by atoms with Crippen LogP contribution in [0, 0.1) is 0 Å². The number of amides is 1. The number of aliphatic hydroxyl groups is 1. The monoisotopic (exact) mass is 236 g/mol. The lowest BCUT2D eigenvalue weighted by molar-refractivity contribution is 0.0694. The molecule has 0 fully saturated rings. The van der Waals surface area contributed by atoms with Crippen molar-refractivity contribution in [2.24, 2.45) is 0 Å². The van der Waals surface area contributed by atoms with Crippen LogP contribution in [0.25, 0.3) is 0 Å². The second-order valence-electron chi connectivity index (χ2n) is 5.12. The van der Waals surface area contributed by atoms with Crippen LogP contribution in [-0.4, -0.2) is 28.1 Å². The Labute approximate surface area is 102 Å². The molecule has 0 bridgehead atoms. The van der Waals surface area contributed by atoms with Gasteiger partial charge in [-0.15, -0.1) is 0 Å². The molecule has 0 unspecified atom stereocenters. The molecule has 1 rings (SSSR count). The number of carbonyl (C=O) groups is 1. The van der Waals surface area contributed by atoms with Gasteiger partial charge < -0.3 is 10.4 Å². The highest BCUT2D eigenvalue weighted by Gasteiger charge is 2.15. The largest absolute Gasteiger partial charge is 0.389 e. The van der Waals surface area contributed by atoms with Gasteiger partial charge in [0.1, 0.15) is 0 Å². The lowest BCUT2D eigenvalue weighted by Crippen LogP contribution is -2.38. The summed E-state index contributed by atoms with van der Waals surface area (Å²) in [5.41, 5.74) is 0.567. The van der Waals surface area contributed by atoms with Crippen molar-refractivity contribution in [2.45, 2.75) is 39.2 Å². The number of aromatic nitrogens is 1. The van der Waals surface area contributed by atoms with Crippen molar-refractivity contribution >= 4 is 5.91 Å². The second-order valence-corrected chi connectivity index (χ2v) is 5.12. The first-order valence-corrected chi connectivity index (χ1v) is 5.76. The zero-order chi connectivity index (χ0) is 13.1. The maximum absolute atomic E-state index is 11.8. The molecule has 1 aromatic heterocycles. The molecule has 0 aliphatic heterocycles. The Bertz CT molecular complexity index is 395. The van der Waals surface area contributed by atoms with Gasteiger partial charge in [0, 0.05) is 24.0 Å². The maximum Gasteiger partial charge on any atom is 0.251 e. The fourth-order valence-electron chi connectivity index (χ4n) is 1.30. The van der Waals surface area contributed by atoms with Gasteiger partial charge >= 0.3 is 0 Å². The highest BCUT2D eigenvalue weighted by atomic mass is 16.3. The standard InChI is InChI=1S/C13H20N2O2/c1-9(2)11-7-10(5-6-14-11)12(16)15-8-13(3,4)17/h5-7,9,17H,8H2,1-4H3,(H,15,16). The average molecular weight is 236 g/mol. The van der Waals surface area contributed by atoms with Crippen molar-refractivity contribution in [1.82, 2.24) is 10.3 Å². The third-order valence-electron chi connectivity index (χ3n) is 2.32. The minimum absolute atomic E-state index is 0.184. The fourth-order valence-corrected chi connectivity index (χ4v) is 1.30. The van der Waals surface area contributed by atoms with E-state index in [4.69, 9.17) is 0 Å². The van der Waals surface area contributed by atoms with E-state index < -0.39 is 5.60 Å². The number of pyridine rings is 1. The van der Waals surface area contributed by atoms with Crippen LogP contribution in [0.2, 0.25) is 0 Å². The topological polar surface area (TPSA) is 62.2 Å². The van der Waals surface area contributed by atoms with Gasteiger partial charge in [0.15, 0.2) is 0 Å². The molecule has 1 amide bonds. The van der Waals surface area contributed by atoms with E-state index in [1.807, 2.05) is 13.8 Å². The Morgan fingerprint density at radius 2 is 2.18 bits per heavy atom. The van der Waals surface area contributed by atoms with Crippen molar-refractivity contribution in [3.8, 4) is 0 Å². The Balaban J connectivity index is 2.72. The SMILES string of the molecule is CC(C)c1cc(C(=O)NCC(C)(C)O)ccn1. The molecule has 1 aromatic rings. The van der Waals surface area contributed by atoms with E-state index in [0.717, 1.165) is 5.69 Å². The van der Waals surface area contributed by atoms with Gasteiger partial charge in [0.2, 0.25) is 0 Å². The van der Waals surface area contributed by atoms with Crippen LogP contribution >= 0.6 is 0 Å². The van der Waals surface area contributed by atoms with Crippen molar-refractivity contribution < 1.29 is 9.90 Å². The first-order chi connectivity index (χ1) is 7.79. The van der Waals surface area contributed by atoms with Gasteiger partial charge in [0.05, 0.1) is 5.60 Å². The molecule has 0 radical (unpaired) electrons. The highest BCUT2D eigenvalue weighted by molar-refractivity contribution is 5.94. The lowest BCUT2D eigenvalue weighted by Gasteiger charge is -2.17. The zero-order valence-corrected chi connectivity index (χ0v) is 10.8. The van der Waals surface area contributed by atoms with Crippen molar-refractivity contribution in [1.29, 1.82) is 0 Å². The van der Waals surface area contributed by atoms with Crippen LogP contribution < -0.4 is 5.32 Å². The summed E-state index contributed by atoms with van der Waals surface area (Å²) in [7, 11) is 0. The first-order valence-electron chi connectivity index (χ1n) is 5.76. The predicted octanol–water partition coefficient (Wildman–Crippen LogP) is 1.71. The molecule has 0 saturated heterocycles. The number of hydrogen-bond acceptors (Lipinski definition) is 3. The average Bonchev–Trinajstić information content (AvgIpc) is 2.25. The normalized spacial score (nSPS) is 11.6. The predicted molar refractivity (Wildman–Crippen MR) is 67.0 cm³/mol. The summed E-state index contributed by atoms with van der Waals surface area (Å²) in [5.74, 6) is 0.105. The van der Waals surface area contributed by atoms with Gasteiger partial charge in [-0.2, -0.15) is 0 Å². The molecular formula is C13H20N2O2. The molecule has 4 heteroatoms. The van der Waals surface area contributed by atoms with E-state index in [1.54, 1.807) is 32.2 Å². The molecule has 1 heterocycles. The molecule has 17 heavy (non-hydrogen) atoms. The Morgan fingerprint density at radius 1 is 1.53 bits per heavy atom. The Kier molecular flexibility index (Phi) is 4.23. The Morgan fingerprint density at radius 3 is 2.71 bits per heavy atom. The van der Waals surface area contributed by atoms with Gasteiger partial charge in [-0.25, -0.2) is 0 Å². The fraction of sp³-hybridized carbons (Fsp3) is 0.538. The molecule has 0 atom stereocenters. The minimum Gasteiger partial charge on any atom is -0.389 e. The van der Waals surface area contributed by atoms with Crippen LogP contribution in [0.5, 0.6) is 0 Å². The van der Waals surface area contributed by atoms with E-state index >= 15 is 0 Å². The number of nitrogens with one attached hydrogen (secondary N) is 1. The maximum atomic E-state index is 11.8. The van der Waals surface area contributed by atoms with Crippen LogP contribution in [0.4, 0.5) is 0 Å². The summed E-state index contributed by atoms with van der Waals surface area (Å²) in [5, 5.41) is 12.2. The molecular weight excluding hydrogens is 216 g/mol. The third-order valence-corrected chi connectivity index (χ3v) is 2.32. The van der Waals surface area contributed by atoms with E-state index in [0.29, 0.717) is 5.56 Å². The molecule has 0 aliphatic carbocycles. The summed E-state index contributed by atoms with van der Waals surface area (Å²) in [4.78, 5) is 16.0. The van der Waals surface area contributed by atoms with Crippen LogP contribution in [0.1, 0.15) is 49.7 Å². The summed E-state index contributed by atoms with van der Waals surface area (Å²) < 4.78 is 0. The molecule has 94 valence electrons. The van der Waals surface area contributed by atoms with E-state index in [1.165, 1.54) is 0 Å². The van der Waals surface area contributed by atoms with E-state index in [9.17, 15) is 9.90 Å². The smallest absolute Gasteiger partial charge is 0.251 e. The number of nitrogens with zero attached hydrogens (tertiary/aromatic N) is 1. The van der Waals surface area contributed by atoms with Crippen LogP contribution in [-0.2, 0) is 0 Å². The lowest BCUT2D eigenvalue weighted by atomic mass is 10.1. The molecule has 0 aromatic carbocycles. The van der Waals surface area contributed by atoms with E-state index in [-0.39, 0.29) is 18.4 Å². The van der Waals surface area contributed by atoms with Gasteiger partial charge in [0.25, 0.3) is 5.91 Å². The number of carbonyl (C=O) groups excluding carboxylic acids is 1. The summed E-state index contributed by atoms with van der Waals surface area (Å²) >= 11 is 0. The summed E-state index contributed by atoms with van der Waals surface area (Å²) in [6.07, 6.45) is 1.63. The second kappa shape index (κ2) is 5.27. The van der Waals surface area contributed by atoms with Gasteiger partial charge in [-0.1, -0.05) is 13.8 Å². The molecule has 0 aliphatic rings. The van der Waals surface area contributed by atoms with Crippen LogP contribution in [0.3, 0.4) is 0 Å². The van der Waals surface area contributed by atoms with Crippen molar-refractivity contribution in [3.05, 3.63) is 29.6 Å². The molecule has 0 saturated carbocycles. The first kappa shape index (κ1) is 13.6. The van der Waals surface area contributed by atoms with Gasteiger partial charge in [-0.3, -0.25) is 9.78 Å². The molecule has 4 nitrogen and oxygen atoms in total. The van der Waals surface area contributed by atoms with Crippen molar-refractivity contribution in [3.63, 3.8) is 0 Å². The summed E-state index contributed by atoms with van der Waals surface area (Å²) in [6, 6.07) is 3.45.